The van der Waals surface area contributed by atoms with Crippen molar-refractivity contribution < 1.29 is 14.8 Å². The Balaban J connectivity index is 3.56. The van der Waals surface area contributed by atoms with Gasteiger partial charge in [-0.2, -0.15) is 0 Å². The summed E-state index contributed by atoms with van der Waals surface area (Å²) in [6.45, 7) is 2.12. The predicted octanol–water partition coefficient (Wildman–Crippen LogP) is 6.01. The van der Waals surface area contributed by atoms with Gasteiger partial charge < -0.3 is 5.11 Å². The van der Waals surface area contributed by atoms with E-state index in [1.807, 2.05) is 6.08 Å². The number of allylic oxidation sites excluding steroid dienone is 2. The maximum Gasteiger partial charge on any atom is 0.238 e. The Hall–Kier alpha value is -1.23. The van der Waals surface area contributed by atoms with Crippen molar-refractivity contribution in [3.05, 3.63) is 22.3 Å². The fraction of sp³-hybridized carbons (Fsp3) is 0.864. The first-order chi connectivity index (χ1) is 13.1. The van der Waals surface area contributed by atoms with E-state index in [-0.39, 0.29) is 4.92 Å². The summed E-state index contributed by atoms with van der Waals surface area (Å²) in [5, 5.41) is 21.3. The van der Waals surface area contributed by atoms with Crippen LogP contribution >= 0.6 is 0 Å². The van der Waals surface area contributed by atoms with E-state index in [4.69, 9.17) is 0 Å². The van der Waals surface area contributed by atoms with Gasteiger partial charge in [0, 0.05) is 11.3 Å². The van der Waals surface area contributed by atoms with Gasteiger partial charge in [0.15, 0.2) is 0 Å². The maximum absolute atomic E-state index is 11.2. The summed E-state index contributed by atoms with van der Waals surface area (Å²) >= 11 is 0. The van der Waals surface area contributed by atoms with Crippen LogP contribution in [-0.4, -0.2) is 28.5 Å². The van der Waals surface area contributed by atoms with Gasteiger partial charge in [-0.05, 0) is 31.8 Å². The summed E-state index contributed by atoms with van der Waals surface area (Å²) in [5.74, 6) is 0. The monoisotopic (exact) mass is 383 g/mol. The van der Waals surface area contributed by atoms with E-state index in [1.54, 1.807) is 6.08 Å². The number of rotatable bonds is 20. The van der Waals surface area contributed by atoms with Gasteiger partial charge in [0.05, 0.1) is 0 Å². The molecule has 0 aliphatic rings. The smallest absolute Gasteiger partial charge is 0.238 e. The Morgan fingerprint density at radius 2 is 1.37 bits per heavy atom. The molecule has 0 aromatic carbocycles. The van der Waals surface area contributed by atoms with Crippen molar-refractivity contribution >= 4 is 6.29 Å². The lowest BCUT2D eigenvalue weighted by Crippen LogP contribution is -2.33. The van der Waals surface area contributed by atoms with Crippen LogP contribution in [0.3, 0.4) is 0 Å². The quantitative estimate of drug-likeness (QED) is 0.0917. The normalized spacial score (nSPS) is 13.7. The van der Waals surface area contributed by atoms with Crippen molar-refractivity contribution in [1.82, 2.24) is 0 Å². The molecular formula is C22H41NO4. The van der Waals surface area contributed by atoms with Crippen molar-refractivity contribution in [1.29, 1.82) is 0 Å². The molecule has 0 aliphatic carbocycles. The highest BCUT2D eigenvalue weighted by Crippen LogP contribution is 2.17. The van der Waals surface area contributed by atoms with Crippen LogP contribution in [0.25, 0.3) is 0 Å². The third kappa shape index (κ3) is 16.7. The highest BCUT2D eigenvalue weighted by atomic mass is 16.6. The average molecular weight is 384 g/mol. The van der Waals surface area contributed by atoms with Crippen LogP contribution < -0.4 is 0 Å². The van der Waals surface area contributed by atoms with E-state index in [2.05, 4.69) is 6.92 Å². The van der Waals surface area contributed by atoms with Gasteiger partial charge in [-0.15, -0.1) is 0 Å². The van der Waals surface area contributed by atoms with Gasteiger partial charge in [-0.1, -0.05) is 83.6 Å². The molecule has 0 amide bonds. The summed E-state index contributed by atoms with van der Waals surface area (Å²) in [6, 6.07) is -0.789. The van der Waals surface area contributed by atoms with Crippen LogP contribution in [0.4, 0.5) is 0 Å². The number of aldehydes is 1. The molecule has 0 fully saturated rings. The molecule has 27 heavy (non-hydrogen) atoms. The minimum atomic E-state index is -0.796. The zero-order valence-electron chi connectivity index (χ0n) is 17.3. The number of aliphatic hydroxyl groups excluding tert-OH is 1. The number of carbonyl (C=O) groups excluding carboxylic acids is 1. The first-order valence-corrected chi connectivity index (χ1v) is 11.0. The zero-order chi connectivity index (χ0) is 20.2. The fourth-order valence-corrected chi connectivity index (χ4v) is 3.42. The molecule has 2 unspecified atom stereocenters. The zero-order valence-corrected chi connectivity index (χ0v) is 17.3. The minimum Gasteiger partial charge on any atom is -0.386 e. The Bertz CT molecular complexity index is 385. The van der Waals surface area contributed by atoms with Gasteiger partial charge in [-0.3, -0.25) is 14.9 Å². The lowest BCUT2D eigenvalue weighted by molar-refractivity contribution is -0.535. The second kappa shape index (κ2) is 19.5. The highest BCUT2D eigenvalue weighted by Gasteiger charge is 2.28. The predicted molar refractivity (Wildman–Crippen MR) is 112 cm³/mol. The number of nitrogens with zero attached hydrogens (tertiary/aromatic N) is 1. The van der Waals surface area contributed by atoms with Gasteiger partial charge in [0.25, 0.3) is 0 Å². The van der Waals surface area contributed by atoms with Crippen LogP contribution in [0.15, 0.2) is 12.2 Å². The van der Waals surface area contributed by atoms with Crippen molar-refractivity contribution in [2.24, 2.45) is 0 Å². The van der Waals surface area contributed by atoms with Crippen LogP contribution in [0.1, 0.15) is 110 Å². The molecule has 0 radical (unpaired) electrons. The Kier molecular flexibility index (Phi) is 18.6. The Morgan fingerprint density at radius 3 is 1.93 bits per heavy atom. The molecule has 0 saturated heterocycles. The van der Waals surface area contributed by atoms with Gasteiger partial charge in [0.2, 0.25) is 6.04 Å². The molecule has 5 heteroatoms. The lowest BCUT2D eigenvalue weighted by Gasteiger charge is -2.16. The maximum atomic E-state index is 11.2. The summed E-state index contributed by atoms with van der Waals surface area (Å²) in [7, 11) is 0. The molecule has 0 saturated carbocycles. The summed E-state index contributed by atoms with van der Waals surface area (Å²) < 4.78 is 0. The van der Waals surface area contributed by atoms with E-state index in [0.717, 1.165) is 64.1 Å². The van der Waals surface area contributed by atoms with Crippen molar-refractivity contribution in [3.8, 4) is 0 Å². The summed E-state index contributed by atoms with van der Waals surface area (Å²) in [4.78, 5) is 21.0. The van der Waals surface area contributed by atoms with Crippen LogP contribution in [-0.2, 0) is 4.79 Å². The molecule has 0 bridgehead atoms. The largest absolute Gasteiger partial charge is 0.386 e. The molecule has 2 atom stereocenters. The SMILES string of the molecule is CCCCCCC(C(O)CCCCCCCCCCCC=CC=O)[N+](=O)[O-]. The molecule has 0 aromatic heterocycles. The number of carbonyl (C=O) groups is 1. The molecule has 0 aromatic rings. The molecule has 1 N–H and O–H groups in total. The third-order valence-corrected chi connectivity index (χ3v) is 5.15. The van der Waals surface area contributed by atoms with E-state index in [0.29, 0.717) is 12.8 Å². The highest BCUT2D eigenvalue weighted by molar-refractivity contribution is 5.64. The van der Waals surface area contributed by atoms with Gasteiger partial charge >= 0.3 is 0 Å². The molecule has 0 heterocycles. The second-order valence-electron chi connectivity index (χ2n) is 7.59. The second-order valence-corrected chi connectivity index (χ2v) is 7.59. The molecule has 5 nitrogen and oxygen atoms in total. The fourth-order valence-electron chi connectivity index (χ4n) is 3.42. The van der Waals surface area contributed by atoms with E-state index in [9.17, 15) is 20.0 Å². The topological polar surface area (TPSA) is 80.4 Å². The molecule has 0 aliphatic heterocycles. The van der Waals surface area contributed by atoms with E-state index < -0.39 is 12.1 Å². The lowest BCUT2D eigenvalue weighted by atomic mass is 9.98. The van der Waals surface area contributed by atoms with Crippen LogP contribution in [0, 0.1) is 10.1 Å². The van der Waals surface area contributed by atoms with Crippen LogP contribution in [0.2, 0.25) is 0 Å². The number of aliphatic hydroxyl groups is 1. The average Bonchev–Trinajstić information content (AvgIpc) is 2.65. The molecule has 0 rings (SSSR count). The van der Waals surface area contributed by atoms with Crippen molar-refractivity contribution in [2.75, 3.05) is 0 Å². The van der Waals surface area contributed by atoms with E-state index in [1.165, 1.54) is 32.1 Å². The van der Waals surface area contributed by atoms with Crippen LogP contribution in [0.5, 0.6) is 0 Å². The third-order valence-electron chi connectivity index (χ3n) is 5.15. The number of nitro groups is 1. The first-order valence-electron chi connectivity index (χ1n) is 11.0. The Morgan fingerprint density at radius 1 is 0.852 bits per heavy atom. The van der Waals surface area contributed by atoms with Gasteiger partial charge in [0.1, 0.15) is 12.4 Å². The molecular weight excluding hydrogens is 342 g/mol. The first kappa shape index (κ1) is 25.8. The van der Waals surface area contributed by atoms with Crippen molar-refractivity contribution in [2.45, 2.75) is 122 Å². The number of hydrogen-bond acceptors (Lipinski definition) is 4. The van der Waals surface area contributed by atoms with Crippen molar-refractivity contribution in [3.63, 3.8) is 0 Å². The standard InChI is InChI=1S/C22H41NO4/c1-2-3-4-15-18-21(23(26)27)22(25)19-16-13-11-9-7-5-6-8-10-12-14-17-20-24/h14,17,20-22,25H,2-13,15-16,18-19H2,1H3. The molecule has 158 valence electrons. The Labute approximate surface area is 165 Å². The summed E-state index contributed by atoms with van der Waals surface area (Å²) in [5.41, 5.74) is 0. The number of unbranched alkanes of at least 4 members (excludes halogenated alkanes) is 12. The summed E-state index contributed by atoms with van der Waals surface area (Å²) in [6.07, 6.45) is 20.0. The minimum absolute atomic E-state index is 0.286. The van der Waals surface area contributed by atoms with E-state index >= 15 is 0 Å². The van der Waals surface area contributed by atoms with Gasteiger partial charge in [-0.25, -0.2) is 0 Å². The molecule has 0 spiro atoms. The number of hydrogen-bond donors (Lipinski definition) is 1.